The highest BCUT2D eigenvalue weighted by Gasteiger charge is 2.07. The lowest BCUT2D eigenvalue weighted by atomic mass is 10.1. The summed E-state index contributed by atoms with van der Waals surface area (Å²) in [6.07, 6.45) is 1.12. The summed E-state index contributed by atoms with van der Waals surface area (Å²) in [5, 5.41) is 0. The van der Waals surface area contributed by atoms with E-state index in [-0.39, 0.29) is 5.56 Å². The molecule has 0 aromatic heterocycles. The topological polar surface area (TPSA) is 17.1 Å². The van der Waals surface area contributed by atoms with E-state index in [0.717, 1.165) is 4.47 Å². The average Bonchev–Trinajstić information content (AvgIpc) is 2.08. The van der Waals surface area contributed by atoms with Crippen LogP contribution >= 0.6 is 15.9 Å². The van der Waals surface area contributed by atoms with Crippen molar-refractivity contribution in [3.8, 4) is 0 Å². The maximum Gasteiger partial charge on any atom is 0.153 e. The Labute approximate surface area is 78.7 Å². The standard InChI is InChI=1S/C9H8BrFO/c1-2-6-3-8(10)4-7(5-12)9(6)11/h3-5H,2H2,1H3. The van der Waals surface area contributed by atoms with Crippen LogP contribution in [0.5, 0.6) is 0 Å². The monoisotopic (exact) mass is 230 g/mol. The normalized spacial score (nSPS) is 9.92. The molecule has 1 nitrogen and oxygen atoms in total. The summed E-state index contributed by atoms with van der Waals surface area (Å²) in [7, 11) is 0. The van der Waals surface area contributed by atoms with Crippen LogP contribution in [0.2, 0.25) is 0 Å². The molecule has 0 aliphatic rings. The smallest absolute Gasteiger partial charge is 0.153 e. The number of benzene rings is 1. The molecule has 0 heterocycles. The Balaban J connectivity index is 3.31. The van der Waals surface area contributed by atoms with E-state index in [4.69, 9.17) is 0 Å². The van der Waals surface area contributed by atoms with Crippen LogP contribution in [0.25, 0.3) is 0 Å². The highest BCUT2D eigenvalue weighted by molar-refractivity contribution is 9.10. The van der Waals surface area contributed by atoms with Crippen LogP contribution in [-0.4, -0.2) is 6.29 Å². The molecule has 0 fully saturated rings. The van der Waals surface area contributed by atoms with Crippen LogP contribution in [0.4, 0.5) is 4.39 Å². The molecule has 0 spiro atoms. The lowest BCUT2D eigenvalue weighted by molar-refractivity contribution is 0.111. The summed E-state index contributed by atoms with van der Waals surface area (Å²) in [5.41, 5.74) is 0.674. The first-order valence-corrected chi connectivity index (χ1v) is 4.41. The molecule has 0 radical (unpaired) electrons. The van der Waals surface area contributed by atoms with Crippen molar-refractivity contribution < 1.29 is 9.18 Å². The number of hydrogen-bond acceptors (Lipinski definition) is 1. The van der Waals surface area contributed by atoms with Crippen LogP contribution in [0, 0.1) is 5.82 Å². The van der Waals surface area contributed by atoms with Crippen LogP contribution in [0.1, 0.15) is 22.8 Å². The van der Waals surface area contributed by atoms with Gasteiger partial charge in [0.1, 0.15) is 5.82 Å². The van der Waals surface area contributed by atoms with Gasteiger partial charge in [-0.1, -0.05) is 22.9 Å². The van der Waals surface area contributed by atoms with E-state index < -0.39 is 5.82 Å². The maximum atomic E-state index is 13.2. The van der Waals surface area contributed by atoms with E-state index in [0.29, 0.717) is 18.3 Å². The highest BCUT2D eigenvalue weighted by atomic mass is 79.9. The lowest BCUT2D eigenvalue weighted by Gasteiger charge is -2.02. The largest absolute Gasteiger partial charge is 0.298 e. The van der Waals surface area contributed by atoms with Gasteiger partial charge in [-0.3, -0.25) is 4.79 Å². The minimum Gasteiger partial charge on any atom is -0.298 e. The van der Waals surface area contributed by atoms with Crippen LogP contribution < -0.4 is 0 Å². The molecule has 1 rings (SSSR count). The maximum absolute atomic E-state index is 13.2. The minimum absolute atomic E-state index is 0.112. The van der Waals surface area contributed by atoms with Crippen molar-refractivity contribution in [3.05, 3.63) is 33.5 Å². The van der Waals surface area contributed by atoms with E-state index in [9.17, 15) is 9.18 Å². The molecular formula is C9H8BrFO. The molecule has 0 aliphatic carbocycles. The Bertz CT molecular complexity index is 310. The van der Waals surface area contributed by atoms with Crippen molar-refractivity contribution in [2.24, 2.45) is 0 Å². The van der Waals surface area contributed by atoms with E-state index >= 15 is 0 Å². The van der Waals surface area contributed by atoms with Gasteiger partial charge in [0, 0.05) is 4.47 Å². The molecule has 0 atom stereocenters. The highest BCUT2D eigenvalue weighted by Crippen LogP contribution is 2.19. The molecule has 0 amide bonds. The van der Waals surface area contributed by atoms with Gasteiger partial charge in [0.25, 0.3) is 0 Å². The number of halogens is 2. The third-order valence-electron chi connectivity index (χ3n) is 1.65. The van der Waals surface area contributed by atoms with Crippen molar-refractivity contribution in [2.45, 2.75) is 13.3 Å². The lowest BCUT2D eigenvalue weighted by Crippen LogP contribution is -1.94. The molecule has 0 bridgehead atoms. The molecule has 12 heavy (non-hydrogen) atoms. The zero-order valence-electron chi connectivity index (χ0n) is 6.60. The summed E-state index contributed by atoms with van der Waals surface area (Å²) in [6.45, 7) is 1.85. The number of rotatable bonds is 2. The Morgan fingerprint density at radius 3 is 2.75 bits per heavy atom. The fourth-order valence-electron chi connectivity index (χ4n) is 1.01. The summed E-state index contributed by atoms with van der Waals surface area (Å²) < 4.78 is 13.9. The van der Waals surface area contributed by atoms with Crippen LogP contribution in [0.15, 0.2) is 16.6 Å². The Morgan fingerprint density at radius 2 is 2.25 bits per heavy atom. The summed E-state index contributed by atoms with van der Waals surface area (Å²) in [6, 6.07) is 3.16. The molecule has 1 aromatic carbocycles. The quantitative estimate of drug-likeness (QED) is 0.715. The Kier molecular flexibility index (Phi) is 2.98. The van der Waals surface area contributed by atoms with Gasteiger partial charge in [0.2, 0.25) is 0 Å². The Morgan fingerprint density at radius 1 is 1.58 bits per heavy atom. The van der Waals surface area contributed by atoms with Crippen molar-refractivity contribution in [2.75, 3.05) is 0 Å². The number of carbonyl (C=O) groups is 1. The molecule has 0 saturated heterocycles. The SMILES string of the molecule is CCc1cc(Br)cc(C=O)c1F. The predicted molar refractivity (Wildman–Crippen MR) is 48.9 cm³/mol. The van der Waals surface area contributed by atoms with E-state index in [1.807, 2.05) is 6.92 Å². The van der Waals surface area contributed by atoms with E-state index in [1.54, 1.807) is 6.07 Å². The van der Waals surface area contributed by atoms with Crippen molar-refractivity contribution in [1.29, 1.82) is 0 Å². The fourth-order valence-corrected chi connectivity index (χ4v) is 1.53. The molecule has 0 unspecified atom stereocenters. The van der Waals surface area contributed by atoms with Gasteiger partial charge >= 0.3 is 0 Å². The molecule has 0 saturated carbocycles. The zero-order valence-corrected chi connectivity index (χ0v) is 8.19. The summed E-state index contributed by atoms with van der Waals surface area (Å²) in [5.74, 6) is -0.407. The molecule has 0 N–H and O–H groups in total. The van der Waals surface area contributed by atoms with Crippen LogP contribution in [-0.2, 0) is 6.42 Å². The minimum atomic E-state index is -0.407. The number of aryl methyl sites for hydroxylation is 1. The molecule has 3 heteroatoms. The van der Waals surface area contributed by atoms with Gasteiger partial charge in [0.05, 0.1) is 5.56 Å². The van der Waals surface area contributed by atoms with Crippen LogP contribution in [0.3, 0.4) is 0 Å². The van der Waals surface area contributed by atoms with E-state index in [1.165, 1.54) is 6.07 Å². The first-order valence-electron chi connectivity index (χ1n) is 3.62. The summed E-state index contributed by atoms with van der Waals surface area (Å²) >= 11 is 3.20. The van der Waals surface area contributed by atoms with Crippen molar-refractivity contribution in [3.63, 3.8) is 0 Å². The predicted octanol–water partition coefficient (Wildman–Crippen LogP) is 2.96. The van der Waals surface area contributed by atoms with Gasteiger partial charge in [0.15, 0.2) is 6.29 Å². The first kappa shape index (κ1) is 9.39. The Hall–Kier alpha value is -0.700. The van der Waals surface area contributed by atoms with Gasteiger partial charge in [-0.05, 0) is 24.1 Å². The van der Waals surface area contributed by atoms with E-state index in [2.05, 4.69) is 15.9 Å². The summed E-state index contributed by atoms with van der Waals surface area (Å²) in [4.78, 5) is 10.4. The molecule has 0 aliphatic heterocycles. The fraction of sp³-hybridized carbons (Fsp3) is 0.222. The van der Waals surface area contributed by atoms with Gasteiger partial charge < -0.3 is 0 Å². The molecular weight excluding hydrogens is 223 g/mol. The molecule has 1 aromatic rings. The van der Waals surface area contributed by atoms with Gasteiger partial charge in [-0.15, -0.1) is 0 Å². The third kappa shape index (κ3) is 1.72. The van der Waals surface area contributed by atoms with Gasteiger partial charge in [-0.25, -0.2) is 4.39 Å². The molecule has 64 valence electrons. The zero-order chi connectivity index (χ0) is 9.14. The second-order valence-corrected chi connectivity index (χ2v) is 3.36. The van der Waals surface area contributed by atoms with Gasteiger partial charge in [-0.2, -0.15) is 0 Å². The number of hydrogen-bond donors (Lipinski definition) is 0. The third-order valence-corrected chi connectivity index (χ3v) is 2.11. The van der Waals surface area contributed by atoms with Crippen molar-refractivity contribution >= 4 is 22.2 Å². The second kappa shape index (κ2) is 3.81. The first-order chi connectivity index (χ1) is 5.69. The average molecular weight is 231 g/mol. The number of aldehydes is 1. The second-order valence-electron chi connectivity index (χ2n) is 2.44. The van der Waals surface area contributed by atoms with Crippen molar-refractivity contribution in [1.82, 2.24) is 0 Å². The number of carbonyl (C=O) groups excluding carboxylic acids is 1.